The molecule has 86 valence electrons. The molecule has 0 heterocycles. The van der Waals surface area contributed by atoms with E-state index in [0.29, 0.717) is 5.56 Å². The molecule has 0 aromatic heterocycles. The van der Waals surface area contributed by atoms with Gasteiger partial charge in [0.15, 0.2) is 16.6 Å². The Hall–Kier alpha value is -1.41. The van der Waals surface area contributed by atoms with E-state index in [1.165, 1.54) is 24.3 Å². The molecule has 16 heavy (non-hydrogen) atoms. The molecule has 7 heteroatoms. The SMILES string of the molecule is N=C(N)SCC(=O)c1ccc([NH+]([O-])O)cc1. The van der Waals surface area contributed by atoms with E-state index in [4.69, 9.17) is 16.4 Å². The zero-order chi connectivity index (χ0) is 12.1. The normalized spacial score (nSPS) is 12.1. The average Bonchev–Trinajstić information content (AvgIpc) is 2.26. The van der Waals surface area contributed by atoms with Gasteiger partial charge in [-0.05, 0) is 12.1 Å². The Balaban J connectivity index is 2.66. The summed E-state index contributed by atoms with van der Waals surface area (Å²) in [6, 6.07) is 5.64. The molecule has 0 saturated heterocycles. The molecule has 0 fully saturated rings. The van der Waals surface area contributed by atoms with Gasteiger partial charge in [0.05, 0.1) is 5.75 Å². The molecule has 1 atom stereocenters. The first-order valence-electron chi connectivity index (χ1n) is 4.34. The summed E-state index contributed by atoms with van der Waals surface area (Å²) in [5.74, 6) is -0.0981. The van der Waals surface area contributed by atoms with Crippen LogP contribution in [0.5, 0.6) is 0 Å². The quantitative estimate of drug-likeness (QED) is 0.254. The topological polar surface area (TPSA) is 115 Å². The van der Waals surface area contributed by atoms with Gasteiger partial charge in [0.1, 0.15) is 0 Å². The van der Waals surface area contributed by atoms with Gasteiger partial charge in [0.2, 0.25) is 0 Å². The molecule has 0 aliphatic rings. The molecule has 0 saturated carbocycles. The van der Waals surface area contributed by atoms with Crippen LogP contribution in [-0.2, 0) is 0 Å². The summed E-state index contributed by atoms with van der Waals surface area (Å²) in [6.45, 7) is 0. The number of hydrogen-bond donors (Lipinski definition) is 4. The molecule has 0 amide bonds. The first-order valence-corrected chi connectivity index (χ1v) is 5.32. The van der Waals surface area contributed by atoms with Gasteiger partial charge >= 0.3 is 0 Å². The van der Waals surface area contributed by atoms with E-state index in [1.807, 2.05) is 0 Å². The lowest BCUT2D eigenvalue weighted by Gasteiger charge is -2.11. The number of amidine groups is 1. The summed E-state index contributed by atoms with van der Waals surface area (Å²) in [4.78, 5) is 11.5. The van der Waals surface area contributed by atoms with Crippen LogP contribution >= 0.6 is 11.8 Å². The maximum absolute atomic E-state index is 11.5. The fraction of sp³-hybridized carbons (Fsp3) is 0.111. The first kappa shape index (κ1) is 12.7. The molecule has 0 aliphatic carbocycles. The Morgan fingerprint density at radius 2 is 2.06 bits per heavy atom. The van der Waals surface area contributed by atoms with Crippen LogP contribution in [0.15, 0.2) is 24.3 Å². The van der Waals surface area contributed by atoms with E-state index in [-0.39, 0.29) is 22.4 Å². The van der Waals surface area contributed by atoms with Gasteiger partial charge in [-0.15, -0.1) is 0 Å². The third-order valence-corrected chi connectivity index (χ3v) is 2.53. The van der Waals surface area contributed by atoms with Crippen molar-refractivity contribution in [3.8, 4) is 0 Å². The van der Waals surface area contributed by atoms with E-state index >= 15 is 0 Å². The molecule has 5 N–H and O–H groups in total. The van der Waals surface area contributed by atoms with Crippen molar-refractivity contribution in [2.45, 2.75) is 0 Å². The third-order valence-electron chi connectivity index (χ3n) is 1.81. The molecule has 0 aliphatic heterocycles. The molecular formula is C9H11N3O3S. The zero-order valence-electron chi connectivity index (χ0n) is 8.27. The van der Waals surface area contributed by atoms with E-state index in [0.717, 1.165) is 11.8 Å². The van der Waals surface area contributed by atoms with Crippen LogP contribution in [0, 0.1) is 10.6 Å². The average molecular weight is 241 g/mol. The summed E-state index contributed by atoms with van der Waals surface area (Å²) in [5.41, 5.74) is 5.65. The second-order valence-electron chi connectivity index (χ2n) is 2.96. The lowest BCUT2D eigenvalue weighted by Crippen LogP contribution is -2.99. The number of hydrogen-bond acceptors (Lipinski definition) is 5. The van der Waals surface area contributed by atoms with Gasteiger partial charge in [0.25, 0.3) is 0 Å². The van der Waals surface area contributed by atoms with Crippen LogP contribution in [0.1, 0.15) is 10.4 Å². The van der Waals surface area contributed by atoms with Crippen molar-refractivity contribution in [3.05, 3.63) is 35.0 Å². The minimum Gasteiger partial charge on any atom is -0.595 e. The Bertz CT molecular complexity index is 391. The lowest BCUT2D eigenvalue weighted by molar-refractivity contribution is -0.991. The van der Waals surface area contributed by atoms with Crippen LogP contribution in [0.3, 0.4) is 0 Å². The van der Waals surface area contributed by atoms with Crippen molar-refractivity contribution in [1.29, 1.82) is 5.41 Å². The summed E-state index contributed by atoms with van der Waals surface area (Å²) in [5, 5.41) is 25.0. The summed E-state index contributed by atoms with van der Waals surface area (Å²) in [6.07, 6.45) is 0. The van der Waals surface area contributed by atoms with Crippen LogP contribution in [0.25, 0.3) is 0 Å². The summed E-state index contributed by atoms with van der Waals surface area (Å²) >= 11 is 0.940. The number of Topliss-reactive ketones (excluding diaryl/α,β-unsaturated/α-hetero) is 1. The Morgan fingerprint density at radius 1 is 1.50 bits per heavy atom. The van der Waals surface area contributed by atoms with Crippen molar-refractivity contribution in [2.75, 3.05) is 5.75 Å². The minimum absolute atomic E-state index is 0.0851. The maximum Gasteiger partial charge on any atom is 0.173 e. The molecule has 0 spiro atoms. The van der Waals surface area contributed by atoms with Gasteiger partial charge in [0, 0.05) is 17.7 Å². The third kappa shape index (κ3) is 3.63. The van der Waals surface area contributed by atoms with Gasteiger partial charge in [-0.1, -0.05) is 11.8 Å². The number of nitrogens with two attached hydrogens (primary N) is 1. The molecule has 1 unspecified atom stereocenters. The first-order chi connectivity index (χ1) is 7.50. The van der Waals surface area contributed by atoms with Crippen LogP contribution in [0.4, 0.5) is 5.69 Å². The van der Waals surface area contributed by atoms with Crippen molar-refractivity contribution in [1.82, 2.24) is 0 Å². The predicted octanol–water partition coefficient (Wildman–Crippen LogP) is -0.101. The molecular weight excluding hydrogens is 230 g/mol. The minimum atomic E-state index is -1.03. The van der Waals surface area contributed by atoms with Gasteiger partial charge in [-0.3, -0.25) is 10.2 Å². The second-order valence-corrected chi connectivity index (χ2v) is 3.98. The standard InChI is InChI=1S/C9H11N3O3S/c10-9(11)16-5-8(13)6-1-3-7(4-2-6)12(14)15/h1-4,12,14H,5H2,(H3,10,11). The molecule has 0 bridgehead atoms. The van der Waals surface area contributed by atoms with Crippen molar-refractivity contribution in [3.63, 3.8) is 0 Å². The number of benzene rings is 1. The number of carbonyl (C=O) groups excluding carboxylic acids is 1. The predicted molar refractivity (Wildman–Crippen MR) is 60.9 cm³/mol. The van der Waals surface area contributed by atoms with E-state index in [2.05, 4.69) is 0 Å². The van der Waals surface area contributed by atoms with Crippen LogP contribution < -0.4 is 11.0 Å². The zero-order valence-corrected chi connectivity index (χ0v) is 9.08. The van der Waals surface area contributed by atoms with Gasteiger partial charge in [-0.25, -0.2) is 5.21 Å². The fourth-order valence-corrected chi connectivity index (χ4v) is 1.48. The Kier molecular flexibility index (Phi) is 4.44. The number of quaternary nitrogens is 1. The monoisotopic (exact) mass is 241 g/mol. The smallest absolute Gasteiger partial charge is 0.173 e. The molecule has 6 nitrogen and oxygen atoms in total. The Morgan fingerprint density at radius 3 is 2.50 bits per heavy atom. The highest BCUT2D eigenvalue weighted by Crippen LogP contribution is 2.09. The van der Waals surface area contributed by atoms with Crippen LogP contribution in [-0.4, -0.2) is 21.9 Å². The lowest BCUT2D eigenvalue weighted by atomic mass is 10.1. The number of ketones is 1. The molecule has 0 radical (unpaired) electrons. The summed E-state index contributed by atoms with van der Waals surface area (Å²) < 4.78 is 0. The molecule has 1 aromatic rings. The van der Waals surface area contributed by atoms with Crippen molar-refractivity contribution >= 4 is 28.4 Å². The van der Waals surface area contributed by atoms with E-state index < -0.39 is 5.23 Å². The highest BCUT2D eigenvalue weighted by atomic mass is 32.2. The highest BCUT2D eigenvalue weighted by molar-refractivity contribution is 8.14. The largest absolute Gasteiger partial charge is 0.595 e. The second kappa shape index (κ2) is 5.61. The number of thioether (sulfide) groups is 1. The molecule has 1 rings (SSSR count). The van der Waals surface area contributed by atoms with Gasteiger partial charge in [-0.2, -0.15) is 5.23 Å². The van der Waals surface area contributed by atoms with Gasteiger partial charge < -0.3 is 10.9 Å². The van der Waals surface area contributed by atoms with Crippen molar-refractivity contribution < 1.29 is 15.2 Å². The summed E-state index contributed by atoms with van der Waals surface area (Å²) in [7, 11) is 0. The maximum atomic E-state index is 11.5. The number of carbonyl (C=O) groups is 1. The number of nitrogens with one attached hydrogen (secondary N) is 2. The highest BCUT2D eigenvalue weighted by Gasteiger charge is 2.08. The molecule has 1 aromatic carbocycles. The van der Waals surface area contributed by atoms with E-state index in [1.54, 1.807) is 0 Å². The van der Waals surface area contributed by atoms with E-state index in [9.17, 15) is 10.0 Å². The Labute approximate surface area is 96.1 Å². The fourth-order valence-electron chi connectivity index (χ4n) is 1.03. The number of rotatable bonds is 4. The van der Waals surface area contributed by atoms with Crippen molar-refractivity contribution in [2.24, 2.45) is 5.73 Å². The van der Waals surface area contributed by atoms with Crippen LogP contribution in [0.2, 0.25) is 0 Å².